The van der Waals surface area contributed by atoms with Crippen molar-refractivity contribution in [3.05, 3.63) is 83.8 Å². The fourth-order valence-electron chi connectivity index (χ4n) is 2.86. The summed E-state index contributed by atoms with van der Waals surface area (Å²) < 4.78 is 35.7. The van der Waals surface area contributed by atoms with Gasteiger partial charge in [-0.2, -0.15) is 0 Å². The highest BCUT2D eigenvalue weighted by Crippen LogP contribution is 2.20. The van der Waals surface area contributed by atoms with Crippen LogP contribution in [0.25, 0.3) is 0 Å². The molecule has 0 saturated carbocycles. The lowest BCUT2D eigenvalue weighted by Crippen LogP contribution is -2.26. The second-order valence-electron chi connectivity index (χ2n) is 6.16. The third-order valence-corrected chi connectivity index (χ3v) is 5.95. The molecule has 0 saturated heterocycles. The summed E-state index contributed by atoms with van der Waals surface area (Å²) in [6.45, 7) is 0.366. The van der Waals surface area contributed by atoms with Crippen molar-refractivity contribution in [3.63, 3.8) is 0 Å². The monoisotopic (exact) mass is 399 g/mol. The highest BCUT2D eigenvalue weighted by molar-refractivity contribution is 7.90. The molecule has 0 spiro atoms. The van der Waals surface area contributed by atoms with Crippen LogP contribution in [0.4, 0.5) is 0 Å². The predicted molar refractivity (Wildman–Crippen MR) is 105 cm³/mol. The van der Waals surface area contributed by atoms with Gasteiger partial charge >= 0.3 is 0 Å². The Hall–Kier alpha value is -3.06. The molecule has 1 N–H and O–H groups in total. The topological polar surface area (TPSA) is 85.6 Å². The zero-order valence-corrected chi connectivity index (χ0v) is 16.2. The van der Waals surface area contributed by atoms with Gasteiger partial charge < -0.3 is 14.5 Å². The molecule has 0 unspecified atom stereocenters. The summed E-state index contributed by atoms with van der Waals surface area (Å²) in [5.41, 5.74) is 1.30. The van der Waals surface area contributed by atoms with Crippen molar-refractivity contribution in [1.29, 1.82) is 0 Å². The molecule has 28 heavy (non-hydrogen) atoms. The van der Waals surface area contributed by atoms with Crippen molar-refractivity contribution in [2.75, 3.05) is 13.7 Å². The van der Waals surface area contributed by atoms with Gasteiger partial charge in [0.1, 0.15) is 5.75 Å². The van der Waals surface area contributed by atoms with Crippen molar-refractivity contribution < 1.29 is 22.4 Å². The van der Waals surface area contributed by atoms with E-state index in [4.69, 9.17) is 9.15 Å². The van der Waals surface area contributed by atoms with Gasteiger partial charge in [0.2, 0.25) is 0 Å². The minimum absolute atomic E-state index is 0.0135. The van der Waals surface area contributed by atoms with E-state index in [-0.39, 0.29) is 16.4 Å². The molecule has 1 aromatic heterocycles. The van der Waals surface area contributed by atoms with E-state index in [1.165, 1.54) is 24.5 Å². The third kappa shape index (κ3) is 4.61. The summed E-state index contributed by atoms with van der Waals surface area (Å²) in [6.07, 6.45) is 1.90. The Morgan fingerprint density at radius 3 is 2.46 bits per heavy atom. The van der Waals surface area contributed by atoms with Gasteiger partial charge in [0.05, 0.1) is 24.0 Å². The zero-order valence-electron chi connectivity index (χ0n) is 15.4. The number of nitrogens with one attached hydrogen (secondary N) is 1. The molecule has 1 heterocycles. The van der Waals surface area contributed by atoms with E-state index >= 15 is 0 Å². The largest absolute Gasteiger partial charge is 0.496 e. The van der Waals surface area contributed by atoms with Gasteiger partial charge in [0, 0.05) is 12.1 Å². The van der Waals surface area contributed by atoms with Crippen LogP contribution in [-0.4, -0.2) is 28.0 Å². The maximum absolute atomic E-state index is 12.6. The quantitative estimate of drug-likeness (QED) is 0.629. The maximum Gasteiger partial charge on any atom is 0.287 e. The Morgan fingerprint density at radius 1 is 1.00 bits per heavy atom. The average Bonchev–Trinajstić information content (AvgIpc) is 3.16. The van der Waals surface area contributed by atoms with Gasteiger partial charge in [0.25, 0.3) is 5.91 Å². The molecule has 6 nitrogen and oxygen atoms in total. The molecule has 0 radical (unpaired) electrons. The summed E-state index contributed by atoms with van der Waals surface area (Å²) >= 11 is 0. The van der Waals surface area contributed by atoms with Gasteiger partial charge in [-0.15, -0.1) is 0 Å². The van der Waals surface area contributed by atoms with E-state index in [0.29, 0.717) is 18.5 Å². The number of hydrogen-bond donors (Lipinski definition) is 1. The Morgan fingerprint density at radius 2 is 1.71 bits per heavy atom. The smallest absolute Gasteiger partial charge is 0.287 e. The van der Waals surface area contributed by atoms with E-state index in [1.54, 1.807) is 25.3 Å². The third-order valence-electron chi connectivity index (χ3n) is 4.27. The first kappa shape index (κ1) is 19.7. The van der Waals surface area contributed by atoms with E-state index in [2.05, 4.69) is 5.32 Å². The molecular weight excluding hydrogens is 378 g/mol. The van der Waals surface area contributed by atoms with Crippen molar-refractivity contribution in [2.45, 2.75) is 17.1 Å². The van der Waals surface area contributed by atoms with Crippen LogP contribution in [-0.2, 0) is 22.0 Å². The van der Waals surface area contributed by atoms with Gasteiger partial charge in [0.15, 0.2) is 15.6 Å². The first-order chi connectivity index (χ1) is 13.5. The molecule has 3 aromatic rings. The van der Waals surface area contributed by atoms with Crippen molar-refractivity contribution >= 4 is 15.7 Å². The second kappa shape index (κ2) is 8.75. The number of methoxy groups -OCH3 is 1. The highest BCUT2D eigenvalue weighted by Gasteiger charge is 2.22. The first-order valence-electron chi connectivity index (χ1n) is 8.75. The zero-order chi connectivity index (χ0) is 20.0. The summed E-state index contributed by atoms with van der Waals surface area (Å²) in [5, 5.41) is 2.77. The fraction of sp³-hybridized carbons (Fsp3) is 0.190. The lowest BCUT2D eigenvalue weighted by Gasteiger charge is -2.09. The molecule has 146 valence electrons. The first-order valence-corrected chi connectivity index (χ1v) is 10.4. The van der Waals surface area contributed by atoms with Crippen LogP contribution >= 0.6 is 0 Å². The summed E-state index contributed by atoms with van der Waals surface area (Å²) in [7, 11) is -1.97. The number of furan rings is 1. The van der Waals surface area contributed by atoms with Crippen molar-refractivity contribution in [2.24, 2.45) is 0 Å². The van der Waals surface area contributed by atoms with Gasteiger partial charge in [-0.25, -0.2) is 8.42 Å². The number of benzene rings is 2. The second-order valence-corrected chi connectivity index (χ2v) is 8.15. The Kier molecular flexibility index (Phi) is 6.16. The molecule has 7 heteroatoms. The van der Waals surface area contributed by atoms with E-state index in [9.17, 15) is 13.2 Å². The maximum atomic E-state index is 12.6. The number of amides is 1. The fourth-order valence-corrected chi connectivity index (χ4v) is 4.24. The molecule has 1 amide bonds. The summed E-state index contributed by atoms with van der Waals surface area (Å²) in [4.78, 5) is 12.7. The number of carbonyl (C=O) groups is 1. The molecule has 2 aromatic carbocycles. The molecular formula is C21H21NO5S. The minimum Gasteiger partial charge on any atom is -0.496 e. The molecule has 0 bridgehead atoms. The Bertz CT molecular complexity index is 1040. The SMILES string of the molecule is COc1ccccc1CCNC(=O)c1occc1CS(=O)(=O)c1ccccc1. The van der Waals surface area contributed by atoms with Crippen LogP contribution in [0.15, 0.2) is 76.2 Å². The highest BCUT2D eigenvalue weighted by atomic mass is 32.2. The van der Waals surface area contributed by atoms with Crippen LogP contribution in [0.3, 0.4) is 0 Å². The van der Waals surface area contributed by atoms with Crippen LogP contribution in [0, 0.1) is 0 Å². The molecule has 0 atom stereocenters. The normalized spacial score (nSPS) is 11.2. The number of sulfone groups is 1. The number of para-hydroxylation sites is 1. The number of hydrogen-bond acceptors (Lipinski definition) is 5. The van der Waals surface area contributed by atoms with Gasteiger partial charge in [-0.1, -0.05) is 36.4 Å². The van der Waals surface area contributed by atoms with Crippen LogP contribution in [0.5, 0.6) is 5.75 Å². The lowest BCUT2D eigenvalue weighted by molar-refractivity contribution is 0.0925. The number of ether oxygens (including phenoxy) is 1. The Balaban J connectivity index is 1.65. The minimum atomic E-state index is -3.57. The van der Waals surface area contributed by atoms with E-state index < -0.39 is 15.7 Å². The molecule has 0 aliphatic rings. The Labute approximate surface area is 164 Å². The van der Waals surface area contributed by atoms with Gasteiger partial charge in [-0.3, -0.25) is 4.79 Å². The van der Waals surface area contributed by atoms with Crippen LogP contribution < -0.4 is 10.1 Å². The predicted octanol–water partition coefficient (Wildman–Crippen LogP) is 3.23. The van der Waals surface area contributed by atoms with Crippen molar-refractivity contribution in [1.82, 2.24) is 5.32 Å². The molecule has 0 aliphatic heterocycles. The summed E-state index contributed by atoms with van der Waals surface area (Å²) in [6, 6.07) is 17.2. The standard InChI is InChI=1S/C21H21NO5S/c1-26-19-10-6-5-7-16(19)11-13-22-21(23)20-17(12-14-27-20)15-28(24,25)18-8-3-2-4-9-18/h2-10,12,14H,11,13,15H2,1H3,(H,22,23). The van der Waals surface area contributed by atoms with Crippen LogP contribution in [0.2, 0.25) is 0 Å². The average molecular weight is 399 g/mol. The molecule has 0 aliphatic carbocycles. The number of carbonyl (C=O) groups excluding carboxylic acids is 1. The van der Waals surface area contributed by atoms with E-state index in [1.807, 2.05) is 24.3 Å². The summed E-state index contributed by atoms with van der Waals surface area (Å²) in [5.74, 6) is 0.0186. The molecule has 3 rings (SSSR count). The van der Waals surface area contributed by atoms with E-state index in [0.717, 1.165) is 11.3 Å². The lowest BCUT2D eigenvalue weighted by atomic mass is 10.1. The number of rotatable bonds is 8. The van der Waals surface area contributed by atoms with Gasteiger partial charge in [-0.05, 0) is 36.2 Å². The van der Waals surface area contributed by atoms with Crippen molar-refractivity contribution in [3.8, 4) is 5.75 Å². The van der Waals surface area contributed by atoms with Crippen LogP contribution in [0.1, 0.15) is 21.7 Å². The molecule has 0 fully saturated rings.